The molecule has 116 valence electrons. The van der Waals surface area contributed by atoms with E-state index >= 15 is 0 Å². The first-order chi connectivity index (χ1) is 11.7. The SMILES string of the molecule is N#C/C(=C\c1cccn1-c1ccccc1I)C(=O)c1ccccc1. The van der Waals surface area contributed by atoms with E-state index in [2.05, 4.69) is 22.6 Å². The van der Waals surface area contributed by atoms with E-state index in [1.165, 1.54) is 0 Å². The number of hydrogen-bond acceptors (Lipinski definition) is 2. The van der Waals surface area contributed by atoms with Crippen LogP contribution in [0.4, 0.5) is 0 Å². The van der Waals surface area contributed by atoms with Crippen LogP contribution in [0.15, 0.2) is 78.5 Å². The topological polar surface area (TPSA) is 45.8 Å². The van der Waals surface area contributed by atoms with Gasteiger partial charge in [0.2, 0.25) is 5.78 Å². The first kappa shape index (κ1) is 16.2. The summed E-state index contributed by atoms with van der Waals surface area (Å²) in [4.78, 5) is 12.5. The number of benzene rings is 2. The quantitative estimate of drug-likeness (QED) is 0.260. The zero-order valence-electron chi connectivity index (χ0n) is 12.7. The molecule has 4 heteroatoms. The predicted octanol–water partition coefficient (Wildman–Crippen LogP) is 4.87. The molecule has 0 unspecified atom stereocenters. The molecule has 2 aromatic carbocycles. The molecule has 0 spiro atoms. The number of nitrogens with zero attached hydrogens (tertiary/aromatic N) is 2. The lowest BCUT2D eigenvalue weighted by Gasteiger charge is -2.09. The number of rotatable bonds is 4. The van der Waals surface area contributed by atoms with Crippen LogP contribution in [0, 0.1) is 14.9 Å². The Balaban J connectivity index is 2.03. The Bertz CT molecular complexity index is 949. The summed E-state index contributed by atoms with van der Waals surface area (Å²) in [7, 11) is 0. The standard InChI is InChI=1S/C20H13IN2O/c21-18-10-4-5-11-19(18)23-12-6-9-17(23)13-16(14-22)20(24)15-7-2-1-3-8-15/h1-13H/b16-13+. The highest BCUT2D eigenvalue weighted by Gasteiger charge is 2.13. The van der Waals surface area contributed by atoms with Crippen LogP contribution in [0.3, 0.4) is 0 Å². The number of carbonyl (C=O) groups is 1. The molecule has 3 nitrogen and oxygen atoms in total. The molecule has 1 heterocycles. The Morgan fingerprint density at radius 2 is 1.71 bits per heavy atom. The number of carbonyl (C=O) groups excluding carboxylic acids is 1. The first-order valence-electron chi connectivity index (χ1n) is 7.34. The lowest BCUT2D eigenvalue weighted by Crippen LogP contribution is -2.03. The van der Waals surface area contributed by atoms with Crippen molar-refractivity contribution in [2.75, 3.05) is 0 Å². The zero-order valence-corrected chi connectivity index (χ0v) is 14.8. The third-order valence-corrected chi connectivity index (χ3v) is 4.50. The van der Waals surface area contributed by atoms with Crippen LogP contribution in [0.2, 0.25) is 0 Å². The van der Waals surface area contributed by atoms with Crippen molar-refractivity contribution in [3.05, 3.63) is 93.3 Å². The number of allylic oxidation sites excluding steroid dienone is 1. The van der Waals surface area contributed by atoms with Crippen molar-refractivity contribution in [3.8, 4) is 11.8 Å². The summed E-state index contributed by atoms with van der Waals surface area (Å²) in [5.74, 6) is -0.270. The van der Waals surface area contributed by atoms with E-state index in [1.807, 2.05) is 59.3 Å². The summed E-state index contributed by atoms with van der Waals surface area (Å²) < 4.78 is 3.06. The highest BCUT2D eigenvalue weighted by atomic mass is 127. The molecular formula is C20H13IN2O. The van der Waals surface area contributed by atoms with E-state index in [-0.39, 0.29) is 11.4 Å². The molecule has 1 aromatic heterocycles. The highest BCUT2D eigenvalue weighted by Crippen LogP contribution is 2.21. The summed E-state index contributed by atoms with van der Waals surface area (Å²) in [6, 6.07) is 22.6. The third-order valence-electron chi connectivity index (χ3n) is 3.59. The molecule has 0 N–H and O–H groups in total. The monoisotopic (exact) mass is 424 g/mol. The Morgan fingerprint density at radius 1 is 1.00 bits per heavy atom. The maximum absolute atomic E-state index is 12.5. The van der Waals surface area contributed by atoms with Crippen molar-refractivity contribution in [2.45, 2.75) is 0 Å². The minimum absolute atomic E-state index is 0.118. The van der Waals surface area contributed by atoms with E-state index in [9.17, 15) is 10.1 Å². The van der Waals surface area contributed by atoms with Gasteiger partial charge in [-0.25, -0.2) is 0 Å². The van der Waals surface area contributed by atoms with Gasteiger partial charge in [-0.3, -0.25) is 4.79 Å². The van der Waals surface area contributed by atoms with Crippen LogP contribution in [-0.2, 0) is 0 Å². The Hall–Kier alpha value is -2.65. The van der Waals surface area contributed by atoms with E-state index in [0.717, 1.165) is 15.0 Å². The molecule has 0 aliphatic carbocycles. The minimum Gasteiger partial charge on any atom is -0.316 e. The molecule has 3 rings (SSSR count). The largest absolute Gasteiger partial charge is 0.316 e. The molecule has 0 saturated carbocycles. The fourth-order valence-corrected chi connectivity index (χ4v) is 3.07. The number of Topliss-reactive ketones (excluding diaryl/α,β-unsaturated/α-hetero) is 1. The van der Waals surface area contributed by atoms with Gasteiger partial charge in [-0.2, -0.15) is 5.26 Å². The van der Waals surface area contributed by atoms with Gasteiger partial charge in [0.25, 0.3) is 0 Å². The van der Waals surface area contributed by atoms with E-state index < -0.39 is 0 Å². The van der Waals surface area contributed by atoms with E-state index in [0.29, 0.717) is 5.56 Å². The van der Waals surface area contributed by atoms with Crippen molar-refractivity contribution < 1.29 is 4.79 Å². The average Bonchev–Trinajstić information content (AvgIpc) is 3.08. The van der Waals surface area contributed by atoms with Crippen LogP contribution < -0.4 is 0 Å². The predicted molar refractivity (Wildman–Crippen MR) is 103 cm³/mol. The van der Waals surface area contributed by atoms with Gasteiger partial charge in [0.15, 0.2) is 0 Å². The third kappa shape index (κ3) is 3.31. The van der Waals surface area contributed by atoms with Gasteiger partial charge in [-0.1, -0.05) is 42.5 Å². The molecule has 0 bridgehead atoms. The van der Waals surface area contributed by atoms with Gasteiger partial charge in [-0.05, 0) is 52.9 Å². The van der Waals surface area contributed by atoms with Gasteiger partial charge in [0, 0.05) is 21.0 Å². The zero-order chi connectivity index (χ0) is 16.9. The fourth-order valence-electron chi connectivity index (χ4n) is 2.42. The summed E-state index contributed by atoms with van der Waals surface area (Å²) in [6.45, 7) is 0. The van der Waals surface area contributed by atoms with Gasteiger partial charge < -0.3 is 4.57 Å². The summed E-state index contributed by atoms with van der Waals surface area (Å²) in [5, 5.41) is 9.42. The molecule has 3 aromatic rings. The normalized spacial score (nSPS) is 11.1. The summed E-state index contributed by atoms with van der Waals surface area (Å²) in [6.07, 6.45) is 3.56. The molecule has 0 aliphatic heterocycles. The van der Waals surface area contributed by atoms with Crippen LogP contribution in [0.1, 0.15) is 16.1 Å². The van der Waals surface area contributed by atoms with Crippen LogP contribution in [0.25, 0.3) is 11.8 Å². The van der Waals surface area contributed by atoms with Gasteiger partial charge in [-0.15, -0.1) is 0 Å². The smallest absolute Gasteiger partial charge is 0.203 e. The molecule has 0 radical (unpaired) electrons. The second-order valence-corrected chi connectivity index (χ2v) is 6.28. The second kappa shape index (κ2) is 7.28. The Labute approximate surface area is 154 Å². The number of aromatic nitrogens is 1. The lowest BCUT2D eigenvalue weighted by atomic mass is 10.0. The molecule has 0 atom stereocenters. The van der Waals surface area contributed by atoms with Crippen molar-refractivity contribution in [1.29, 1.82) is 5.26 Å². The Morgan fingerprint density at radius 3 is 2.42 bits per heavy atom. The number of hydrogen-bond donors (Lipinski definition) is 0. The first-order valence-corrected chi connectivity index (χ1v) is 8.42. The average molecular weight is 424 g/mol. The summed E-state index contributed by atoms with van der Waals surface area (Å²) >= 11 is 2.27. The van der Waals surface area contributed by atoms with Gasteiger partial charge in [0.1, 0.15) is 11.6 Å². The molecule has 0 saturated heterocycles. The lowest BCUT2D eigenvalue weighted by molar-refractivity contribution is 0.104. The van der Waals surface area contributed by atoms with Crippen LogP contribution in [-0.4, -0.2) is 10.4 Å². The van der Waals surface area contributed by atoms with Crippen molar-refractivity contribution in [2.24, 2.45) is 0 Å². The Kier molecular flexibility index (Phi) is 4.92. The van der Waals surface area contributed by atoms with Gasteiger partial charge in [0.05, 0.1) is 5.69 Å². The van der Waals surface area contributed by atoms with Crippen LogP contribution in [0.5, 0.6) is 0 Å². The van der Waals surface area contributed by atoms with Gasteiger partial charge >= 0.3 is 0 Å². The highest BCUT2D eigenvalue weighted by molar-refractivity contribution is 14.1. The van der Waals surface area contributed by atoms with Crippen molar-refractivity contribution in [1.82, 2.24) is 4.57 Å². The molecular weight excluding hydrogens is 411 g/mol. The molecule has 24 heavy (non-hydrogen) atoms. The summed E-state index contributed by atoms with van der Waals surface area (Å²) in [5.41, 5.74) is 2.43. The van der Waals surface area contributed by atoms with Crippen LogP contribution >= 0.6 is 22.6 Å². The minimum atomic E-state index is -0.270. The second-order valence-electron chi connectivity index (χ2n) is 5.12. The van der Waals surface area contributed by atoms with Crippen molar-refractivity contribution in [3.63, 3.8) is 0 Å². The number of ketones is 1. The maximum atomic E-state index is 12.5. The van der Waals surface area contributed by atoms with E-state index in [4.69, 9.17) is 0 Å². The molecule has 0 fully saturated rings. The van der Waals surface area contributed by atoms with E-state index in [1.54, 1.807) is 30.3 Å². The maximum Gasteiger partial charge on any atom is 0.203 e. The molecule has 0 amide bonds. The number of halogens is 1. The van der Waals surface area contributed by atoms with Crippen molar-refractivity contribution >= 4 is 34.5 Å². The fraction of sp³-hybridized carbons (Fsp3) is 0. The number of nitriles is 1. The molecule has 0 aliphatic rings. The number of para-hydroxylation sites is 1.